The largest absolute Gasteiger partial charge is 0.296 e. The van der Waals surface area contributed by atoms with E-state index in [9.17, 15) is 4.79 Å². The van der Waals surface area contributed by atoms with Crippen LogP contribution in [0.2, 0.25) is 0 Å². The second kappa shape index (κ2) is 5.08. The number of benzene rings is 1. The van der Waals surface area contributed by atoms with Crippen molar-refractivity contribution in [2.24, 2.45) is 0 Å². The maximum Gasteiger partial charge on any atom is 0.276 e. The summed E-state index contributed by atoms with van der Waals surface area (Å²) >= 11 is 3.08. The summed E-state index contributed by atoms with van der Waals surface area (Å²) < 4.78 is 2.15. The first-order chi connectivity index (χ1) is 10.7. The molecular formula is C14H9N5OS2. The van der Waals surface area contributed by atoms with Crippen molar-refractivity contribution in [2.75, 3.05) is 5.32 Å². The van der Waals surface area contributed by atoms with Gasteiger partial charge in [0.15, 0.2) is 5.13 Å². The van der Waals surface area contributed by atoms with Crippen molar-refractivity contribution in [2.45, 2.75) is 6.92 Å². The summed E-state index contributed by atoms with van der Waals surface area (Å²) in [6, 6.07) is 5.44. The van der Waals surface area contributed by atoms with E-state index in [1.54, 1.807) is 17.4 Å². The van der Waals surface area contributed by atoms with E-state index in [1.165, 1.54) is 23.9 Å². The Bertz CT molecular complexity index is 992. The van der Waals surface area contributed by atoms with Gasteiger partial charge in [-0.3, -0.25) is 10.1 Å². The van der Waals surface area contributed by atoms with Crippen molar-refractivity contribution in [3.63, 3.8) is 0 Å². The fraction of sp³-hybridized carbons (Fsp3) is 0.0714. The van der Waals surface area contributed by atoms with Gasteiger partial charge in [-0.15, -0.1) is 11.3 Å². The van der Waals surface area contributed by atoms with Crippen LogP contribution >= 0.6 is 22.7 Å². The molecule has 0 saturated carbocycles. The molecule has 0 aliphatic heterocycles. The van der Waals surface area contributed by atoms with Crippen LogP contribution in [0, 0.1) is 6.92 Å². The van der Waals surface area contributed by atoms with Crippen molar-refractivity contribution in [1.82, 2.24) is 19.9 Å². The third kappa shape index (κ3) is 2.22. The highest BCUT2D eigenvalue weighted by atomic mass is 32.1. The lowest BCUT2D eigenvalue weighted by Crippen LogP contribution is -2.13. The highest BCUT2D eigenvalue weighted by molar-refractivity contribution is 7.28. The second-order valence-electron chi connectivity index (χ2n) is 4.56. The lowest BCUT2D eigenvalue weighted by atomic mass is 10.3. The Kier molecular flexibility index (Phi) is 3.05. The van der Waals surface area contributed by atoms with Gasteiger partial charge in [0, 0.05) is 6.20 Å². The van der Waals surface area contributed by atoms with E-state index in [-0.39, 0.29) is 5.91 Å². The minimum absolute atomic E-state index is 0.293. The topological polar surface area (TPSA) is 80.7 Å². The predicted octanol–water partition coefficient (Wildman–Crippen LogP) is 3.26. The Labute approximate surface area is 132 Å². The fourth-order valence-corrected chi connectivity index (χ4v) is 4.13. The smallest absolute Gasteiger partial charge is 0.276 e. The Hall–Kier alpha value is -2.45. The molecule has 4 aromatic rings. The third-order valence-electron chi connectivity index (χ3n) is 3.05. The first-order valence-electron chi connectivity index (χ1n) is 6.45. The second-order valence-corrected chi connectivity index (χ2v) is 6.76. The molecule has 0 spiro atoms. The van der Waals surface area contributed by atoms with Gasteiger partial charge in [-0.1, -0.05) is 11.3 Å². The minimum Gasteiger partial charge on any atom is -0.296 e. The van der Waals surface area contributed by atoms with E-state index in [1.807, 2.05) is 19.1 Å². The molecule has 0 radical (unpaired) electrons. The summed E-state index contributed by atoms with van der Waals surface area (Å²) in [7, 11) is 0. The van der Waals surface area contributed by atoms with Crippen molar-refractivity contribution in [1.29, 1.82) is 0 Å². The van der Waals surface area contributed by atoms with Crippen LogP contribution in [-0.4, -0.2) is 25.8 Å². The van der Waals surface area contributed by atoms with E-state index in [0.29, 0.717) is 10.8 Å². The number of nitrogens with zero attached hydrogens (tertiary/aromatic N) is 4. The van der Waals surface area contributed by atoms with Crippen LogP contribution in [0.1, 0.15) is 15.5 Å². The molecule has 1 aromatic carbocycles. The summed E-state index contributed by atoms with van der Waals surface area (Å²) in [4.78, 5) is 28.8. The number of nitrogens with one attached hydrogen (secondary N) is 1. The fourth-order valence-electron chi connectivity index (χ4n) is 2.12. The van der Waals surface area contributed by atoms with Gasteiger partial charge in [0.1, 0.15) is 12.0 Å². The Balaban J connectivity index is 1.73. The molecule has 6 nitrogen and oxygen atoms in total. The maximum absolute atomic E-state index is 12.1. The number of rotatable bonds is 2. The molecule has 108 valence electrons. The SMILES string of the molecule is Cc1nc2ccc3nc(NC(=O)c4ccncn4)sc3c2s1. The average Bonchev–Trinajstić information content (AvgIpc) is 3.09. The van der Waals surface area contributed by atoms with Crippen molar-refractivity contribution in [3.8, 4) is 0 Å². The molecule has 0 bridgehead atoms. The molecule has 3 heterocycles. The van der Waals surface area contributed by atoms with Crippen LogP contribution in [-0.2, 0) is 0 Å². The van der Waals surface area contributed by atoms with Gasteiger partial charge in [0.25, 0.3) is 5.91 Å². The molecule has 0 aliphatic carbocycles. The normalized spacial score (nSPS) is 11.1. The summed E-state index contributed by atoms with van der Waals surface area (Å²) in [5, 5.41) is 4.35. The standard InChI is InChI=1S/C14H9N5OS2/c1-7-17-8-2-3-9-12(11(8)21-7)22-14(18-9)19-13(20)10-4-5-15-6-16-10/h2-6H,1H3,(H,18,19,20). The van der Waals surface area contributed by atoms with Gasteiger partial charge in [-0.05, 0) is 25.1 Å². The number of hydrogen-bond acceptors (Lipinski definition) is 7. The molecular weight excluding hydrogens is 318 g/mol. The number of fused-ring (bicyclic) bond motifs is 3. The first-order valence-corrected chi connectivity index (χ1v) is 8.08. The zero-order valence-corrected chi connectivity index (χ0v) is 13.0. The van der Waals surface area contributed by atoms with Crippen LogP contribution in [0.5, 0.6) is 0 Å². The molecule has 8 heteroatoms. The number of aryl methyl sites for hydroxylation is 1. The number of aromatic nitrogens is 4. The Morgan fingerprint density at radius 2 is 1.86 bits per heavy atom. The van der Waals surface area contributed by atoms with Gasteiger partial charge in [-0.2, -0.15) is 0 Å². The van der Waals surface area contributed by atoms with Gasteiger partial charge in [0.05, 0.1) is 25.4 Å². The molecule has 1 N–H and O–H groups in total. The highest BCUT2D eigenvalue weighted by Gasteiger charge is 2.13. The number of thiazole rings is 2. The summed E-state index contributed by atoms with van der Waals surface area (Å²) in [5.74, 6) is -0.293. The van der Waals surface area contributed by atoms with Crippen molar-refractivity contribution < 1.29 is 4.79 Å². The molecule has 4 rings (SSSR count). The molecule has 0 saturated heterocycles. The van der Waals surface area contributed by atoms with Crippen LogP contribution in [0.25, 0.3) is 20.4 Å². The van der Waals surface area contributed by atoms with Crippen LogP contribution in [0.15, 0.2) is 30.7 Å². The van der Waals surface area contributed by atoms with Crippen molar-refractivity contribution >= 4 is 54.1 Å². The van der Waals surface area contributed by atoms with Gasteiger partial charge in [0.2, 0.25) is 0 Å². The minimum atomic E-state index is -0.293. The lowest BCUT2D eigenvalue weighted by Gasteiger charge is -1.98. The molecule has 1 amide bonds. The van der Waals surface area contributed by atoms with Gasteiger partial charge < -0.3 is 0 Å². The number of carbonyl (C=O) groups excluding carboxylic acids is 1. The van der Waals surface area contributed by atoms with E-state index >= 15 is 0 Å². The summed E-state index contributed by atoms with van der Waals surface area (Å²) in [5.41, 5.74) is 2.14. The van der Waals surface area contributed by atoms with E-state index in [2.05, 4.69) is 25.3 Å². The zero-order chi connectivity index (χ0) is 15.1. The van der Waals surface area contributed by atoms with E-state index in [0.717, 1.165) is 25.4 Å². The molecule has 0 unspecified atom stereocenters. The summed E-state index contributed by atoms with van der Waals surface area (Å²) in [6.45, 7) is 1.98. The number of anilines is 1. The van der Waals surface area contributed by atoms with Crippen LogP contribution in [0.3, 0.4) is 0 Å². The third-order valence-corrected chi connectivity index (χ3v) is 5.19. The molecule has 0 fully saturated rings. The van der Waals surface area contributed by atoms with E-state index < -0.39 is 0 Å². The molecule has 0 atom stereocenters. The maximum atomic E-state index is 12.1. The molecule has 0 aliphatic rings. The quantitative estimate of drug-likeness (QED) is 0.611. The zero-order valence-electron chi connectivity index (χ0n) is 11.4. The van der Waals surface area contributed by atoms with Crippen LogP contribution < -0.4 is 5.32 Å². The highest BCUT2D eigenvalue weighted by Crippen LogP contribution is 2.35. The average molecular weight is 327 g/mol. The monoisotopic (exact) mass is 327 g/mol. The lowest BCUT2D eigenvalue weighted by molar-refractivity contribution is 0.102. The molecule has 3 aromatic heterocycles. The predicted molar refractivity (Wildman–Crippen MR) is 87.5 cm³/mol. The number of amides is 1. The summed E-state index contributed by atoms with van der Waals surface area (Å²) in [6.07, 6.45) is 2.88. The first kappa shape index (κ1) is 13.2. The Morgan fingerprint density at radius 1 is 1.09 bits per heavy atom. The van der Waals surface area contributed by atoms with E-state index in [4.69, 9.17) is 0 Å². The van der Waals surface area contributed by atoms with Crippen molar-refractivity contribution in [3.05, 3.63) is 41.4 Å². The number of hydrogen-bond donors (Lipinski definition) is 1. The Morgan fingerprint density at radius 3 is 2.64 bits per heavy atom. The van der Waals surface area contributed by atoms with Crippen LogP contribution in [0.4, 0.5) is 5.13 Å². The molecule has 22 heavy (non-hydrogen) atoms. The number of carbonyl (C=O) groups is 1. The van der Waals surface area contributed by atoms with Gasteiger partial charge >= 0.3 is 0 Å². The van der Waals surface area contributed by atoms with Gasteiger partial charge in [-0.25, -0.2) is 19.9 Å².